The SMILES string of the molecule is Cc1ccc(C(=O)NCCNC(=O)C2(O)CCCC2)cc1F. The summed E-state index contributed by atoms with van der Waals surface area (Å²) in [6.45, 7) is 2.07. The zero-order valence-corrected chi connectivity index (χ0v) is 12.6. The van der Waals surface area contributed by atoms with Gasteiger partial charge in [0.15, 0.2) is 0 Å². The van der Waals surface area contributed by atoms with E-state index in [9.17, 15) is 19.1 Å². The van der Waals surface area contributed by atoms with Crippen molar-refractivity contribution in [3.63, 3.8) is 0 Å². The zero-order valence-electron chi connectivity index (χ0n) is 12.6. The van der Waals surface area contributed by atoms with Crippen LogP contribution in [-0.2, 0) is 4.79 Å². The molecule has 0 radical (unpaired) electrons. The van der Waals surface area contributed by atoms with Crippen LogP contribution >= 0.6 is 0 Å². The molecule has 0 spiro atoms. The third kappa shape index (κ3) is 3.82. The number of nitrogens with one attached hydrogen (secondary N) is 2. The maximum Gasteiger partial charge on any atom is 0.252 e. The van der Waals surface area contributed by atoms with Gasteiger partial charge in [-0.15, -0.1) is 0 Å². The first-order valence-electron chi connectivity index (χ1n) is 7.47. The van der Waals surface area contributed by atoms with Crippen molar-refractivity contribution < 1.29 is 19.1 Å². The van der Waals surface area contributed by atoms with E-state index in [4.69, 9.17) is 0 Å². The molecule has 1 aromatic carbocycles. The Morgan fingerprint density at radius 1 is 1.23 bits per heavy atom. The summed E-state index contributed by atoms with van der Waals surface area (Å²) in [6, 6.07) is 4.28. The highest BCUT2D eigenvalue weighted by Gasteiger charge is 2.38. The summed E-state index contributed by atoms with van der Waals surface area (Å²) in [6.07, 6.45) is 2.65. The van der Waals surface area contributed by atoms with E-state index in [-0.39, 0.29) is 24.6 Å². The van der Waals surface area contributed by atoms with Crippen molar-refractivity contribution >= 4 is 11.8 Å². The van der Waals surface area contributed by atoms with E-state index >= 15 is 0 Å². The molecule has 0 heterocycles. The van der Waals surface area contributed by atoms with Crippen LogP contribution in [0, 0.1) is 12.7 Å². The molecule has 2 rings (SSSR count). The van der Waals surface area contributed by atoms with Crippen LogP contribution in [0.3, 0.4) is 0 Å². The average Bonchev–Trinajstić information content (AvgIpc) is 2.94. The molecular weight excluding hydrogens is 287 g/mol. The number of carbonyl (C=O) groups is 2. The summed E-state index contributed by atoms with van der Waals surface area (Å²) in [4.78, 5) is 23.7. The number of aliphatic hydroxyl groups is 1. The van der Waals surface area contributed by atoms with Crippen molar-refractivity contribution in [3.05, 3.63) is 35.1 Å². The van der Waals surface area contributed by atoms with Crippen molar-refractivity contribution in [2.45, 2.75) is 38.2 Å². The minimum Gasteiger partial charge on any atom is -0.380 e. The fraction of sp³-hybridized carbons (Fsp3) is 0.500. The molecule has 3 N–H and O–H groups in total. The van der Waals surface area contributed by atoms with E-state index in [0.717, 1.165) is 12.8 Å². The second-order valence-corrected chi connectivity index (χ2v) is 5.71. The minimum absolute atomic E-state index is 0.218. The third-order valence-corrected chi connectivity index (χ3v) is 3.98. The highest BCUT2D eigenvalue weighted by atomic mass is 19.1. The normalized spacial score (nSPS) is 16.3. The number of amides is 2. The zero-order chi connectivity index (χ0) is 16.2. The van der Waals surface area contributed by atoms with Gasteiger partial charge >= 0.3 is 0 Å². The summed E-state index contributed by atoms with van der Waals surface area (Å²) in [7, 11) is 0. The van der Waals surface area contributed by atoms with Gasteiger partial charge in [-0.05, 0) is 50.3 Å². The molecule has 1 aliphatic rings. The van der Waals surface area contributed by atoms with Crippen LogP contribution in [-0.4, -0.2) is 35.6 Å². The first kappa shape index (κ1) is 16.4. The van der Waals surface area contributed by atoms with E-state index in [1.807, 2.05) is 0 Å². The molecule has 0 atom stereocenters. The van der Waals surface area contributed by atoms with E-state index in [2.05, 4.69) is 10.6 Å². The Morgan fingerprint density at radius 2 is 1.86 bits per heavy atom. The predicted octanol–water partition coefficient (Wildman–Crippen LogP) is 1.29. The molecular formula is C16H21FN2O3. The smallest absolute Gasteiger partial charge is 0.252 e. The van der Waals surface area contributed by atoms with Gasteiger partial charge in [0.05, 0.1) is 0 Å². The molecule has 120 valence electrons. The molecule has 1 aromatic rings. The van der Waals surface area contributed by atoms with E-state index < -0.39 is 17.3 Å². The molecule has 1 fully saturated rings. The second-order valence-electron chi connectivity index (χ2n) is 5.71. The number of aryl methyl sites for hydroxylation is 1. The topological polar surface area (TPSA) is 78.4 Å². The Kier molecular flexibility index (Phi) is 5.13. The summed E-state index contributed by atoms with van der Waals surface area (Å²) >= 11 is 0. The monoisotopic (exact) mass is 308 g/mol. The third-order valence-electron chi connectivity index (χ3n) is 3.98. The fourth-order valence-electron chi connectivity index (χ4n) is 2.54. The van der Waals surface area contributed by atoms with Crippen LogP contribution in [0.25, 0.3) is 0 Å². The Labute approximate surface area is 128 Å². The summed E-state index contributed by atoms with van der Waals surface area (Å²) < 4.78 is 13.4. The lowest BCUT2D eigenvalue weighted by Crippen LogP contribution is -2.46. The predicted molar refractivity (Wildman–Crippen MR) is 79.9 cm³/mol. The number of benzene rings is 1. The van der Waals surface area contributed by atoms with E-state index in [1.165, 1.54) is 6.07 Å². The van der Waals surface area contributed by atoms with Gasteiger partial charge in [0.1, 0.15) is 11.4 Å². The molecule has 1 aliphatic carbocycles. The lowest BCUT2D eigenvalue weighted by atomic mass is 10.0. The summed E-state index contributed by atoms with van der Waals surface area (Å²) in [5, 5.41) is 15.3. The van der Waals surface area contributed by atoms with Crippen molar-refractivity contribution in [2.75, 3.05) is 13.1 Å². The number of rotatable bonds is 5. The standard InChI is InChI=1S/C16H21FN2O3/c1-11-4-5-12(10-13(11)17)14(20)18-8-9-19-15(21)16(22)6-2-3-7-16/h4-5,10,22H,2-3,6-9H2,1H3,(H,18,20)(H,19,21). The summed E-state index contributed by atoms with van der Waals surface area (Å²) in [5.74, 6) is -1.21. The second kappa shape index (κ2) is 6.87. The molecule has 0 unspecified atom stereocenters. The molecule has 0 bridgehead atoms. The Morgan fingerprint density at radius 3 is 2.50 bits per heavy atom. The minimum atomic E-state index is -1.26. The van der Waals surface area contributed by atoms with Crippen LogP contribution in [0.15, 0.2) is 18.2 Å². The van der Waals surface area contributed by atoms with E-state index in [0.29, 0.717) is 18.4 Å². The lowest BCUT2D eigenvalue weighted by Gasteiger charge is -2.20. The Bertz CT molecular complexity index is 569. The highest BCUT2D eigenvalue weighted by Crippen LogP contribution is 2.29. The van der Waals surface area contributed by atoms with Crippen LogP contribution in [0.1, 0.15) is 41.6 Å². The fourth-order valence-corrected chi connectivity index (χ4v) is 2.54. The van der Waals surface area contributed by atoms with Crippen LogP contribution in [0.4, 0.5) is 4.39 Å². The van der Waals surface area contributed by atoms with Gasteiger partial charge in [0.2, 0.25) is 0 Å². The maximum atomic E-state index is 13.4. The molecule has 0 aliphatic heterocycles. The number of halogens is 1. The molecule has 5 nitrogen and oxygen atoms in total. The average molecular weight is 308 g/mol. The quantitative estimate of drug-likeness (QED) is 0.717. The maximum absolute atomic E-state index is 13.4. The molecule has 2 amide bonds. The number of carbonyl (C=O) groups excluding carboxylic acids is 2. The van der Waals surface area contributed by atoms with Gasteiger partial charge in [-0.3, -0.25) is 9.59 Å². The molecule has 22 heavy (non-hydrogen) atoms. The lowest BCUT2D eigenvalue weighted by molar-refractivity contribution is -0.139. The van der Waals surface area contributed by atoms with Crippen molar-refractivity contribution in [2.24, 2.45) is 0 Å². The Hall–Kier alpha value is -1.95. The Balaban J connectivity index is 1.75. The van der Waals surface area contributed by atoms with Gasteiger partial charge in [0.25, 0.3) is 11.8 Å². The first-order valence-corrected chi connectivity index (χ1v) is 7.47. The van der Waals surface area contributed by atoms with Gasteiger partial charge in [-0.1, -0.05) is 6.07 Å². The molecule has 0 aromatic heterocycles. The van der Waals surface area contributed by atoms with Crippen LogP contribution in [0.5, 0.6) is 0 Å². The van der Waals surface area contributed by atoms with E-state index in [1.54, 1.807) is 19.1 Å². The van der Waals surface area contributed by atoms with Crippen LogP contribution in [0.2, 0.25) is 0 Å². The number of hydrogen-bond acceptors (Lipinski definition) is 3. The molecule has 6 heteroatoms. The highest BCUT2D eigenvalue weighted by molar-refractivity contribution is 5.94. The van der Waals surface area contributed by atoms with Gasteiger partial charge in [-0.25, -0.2) is 4.39 Å². The molecule has 0 saturated heterocycles. The largest absolute Gasteiger partial charge is 0.380 e. The first-order chi connectivity index (χ1) is 10.4. The van der Waals surface area contributed by atoms with Crippen LogP contribution < -0.4 is 10.6 Å². The van der Waals surface area contributed by atoms with Gasteiger partial charge in [0, 0.05) is 18.7 Å². The van der Waals surface area contributed by atoms with Gasteiger partial charge < -0.3 is 15.7 Å². The summed E-state index contributed by atoms with van der Waals surface area (Å²) in [5.41, 5.74) is -0.540. The van der Waals surface area contributed by atoms with Gasteiger partial charge in [-0.2, -0.15) is 0 Å². The van der Waals surface area contributed by atoms with Crippen molar-refractivity contribution in [3.8, 4) is 0 Å². The molecule has 1 saturated carbocycles. The number of hydrogen-bond donors (Lipinski definition) is 3. The van der Waals surface area contributed by atoms with Crippen molar-refractivity contribution in [1.29, 1.82) is 0 Å². The van der Waals surface area contributed by atoms with Crippen molar-refractivity contribution in [1.82, 2.24) is 10.6 Å².